The topological polar surface area (TPSA) is 35.2 Å². The Morgan fingerprint density at radius 1 is 1.05 bits per heavy atom. The third-order valence-electron chi connectivity index (χ3n) is 2.90. The molecule has 2 rings (SSSR count). The summed E-state index contributed by atoms with van der Waals surface area (Å²) >= 11 is 3.52. The largest absolute Gasteiger partial charge is 0.488 e. The SMILES string of the molecule is NCCc1cccc(Br)c1OCC=Cc1ccccc1. The quantitative estimate of drug-likeness (QED) is 0.866. The average Bonchev–Trinajstić information content (AvgIpc) is 2.47. The molecule has 104 valence electrons. The molecule has 0 aliphatic heterocycles. The van der Waals surface area contributed by atoms with Gasteiger partial charge >= 0.3 is 0 Å². The van der Waals surface area contributed by atoms with Crippen molar-refractivity contribution in [1.82, 2.24) is 0 Å². The van der Waals surface area contributed by atoms with E-state index < -0.39 is 0 Å². The Kier molecular flexibility index (Phi) is 5.84. The van der Waals surface area contributed by atoms with Gasteiger partial charge in [0.15, 0.2) is 0 Å². The minimum atomic E-state index is 0.537. The molecule has 0 amide bonds. The summed E-state index contributed by atoms with van der Waals surface area (Å²) in [6.07, 6.45) is 4.89. The molecule has 2 nitrogen and oxygen atoms in total. The van der Waals surface area contributed by atoms with Crippen LogP contribution in [-0.4, -0.2) is 13.2 Å². The molecule has 2 aromatic rings. The lowest BCUT2D eigenvalue weighted by molar-refractivity contribution is 0.357. The van der Waals surface area contributed by atoms with Crippen molar-refractivity contribution < 1.29 is 4.74 Å². The highest BCUT2D eigenvalue weighted by molar-refractivity contribution is 9.10. The third-order valence-corrected chi connectivity index (χ3v) is 3.52. The summed E-state index contributed by atoms with van der Waals surface area (Å²) in [6.45, 7) is 1.15. The molecule has 0 heterocycles. The lowest BCUT2D eigenvalue weighted by Gasteiger charge is -2.11. The molecule has 0 aliphatic carbocycles. The Morgan fingerprint density at radius 3 is 2.60 bits per heavy atom. The number of ether oxygens (including phenoxy) is 1. The normalized spacial score (nSPS) is 10.9. The predicted molar refractivity (Wildman–Crippen MR) is 87.9 cm³/mol. The van der Waals surface area contributed by atoms with Gasteiger partial charge in [-0.15, -0.1) is 0 Å². The number of rotatable bonds is 6. The van der Waals surface area contributed by atoms with Gasteiger partial charge in [0, 0.05) is 0 Å². The lowest BCUT2D eigenvalue weighted by Crippen LogP contribution is -2.05. The van der Waals surface area contributed by atoms with Crippen LogP contribution in [0.3, 0.4) is 0 Å². The summed E-state index contributed by atoms with van der Waals surface area (Å²) in [7, 11) is 0. The van der Waals surface area contributed by atoms with Crippen molar-refractivity contribution >= 4 is 22.0 Å². The van der Waals surface area contributed by atoms with Crippen LogP contribution in [0.5, 0.6) is 5.75 Å². The fraction of sp³-hybridized carbons (Fsp3) is 0.176. The van der Waals surface area contributed by atoms with E-state index in [1.165, 1.54) is 5.56 Å². The first kappa shape index (κ1) is 14.8. The van der Waals surface area contributed by atoms with Crippen LogP contribution < -0.4 is 10.5 Å². The van der Waals surface area contributed by atoms with Gasteiger partial charge < -0.3 is 10.5 Å². The van der Waals surface area contributed by atoms with Crippen molar-refractivity contribution in [2.45, 2.75) is 6.42 Å². The van der Waals surface area contributed by atoms with Gasteiger partial charge in [-0.3, -0.25) is 0 Å². The van der Waals surface area contributed by atoms with Crippen molar-refractivity contribution in [2.75, 3.05) is 13.2 Å². The molecule has 0 bridgehead atoms. The minimum absolute atomic E-state index is 0.537. The Hall–Kier alpha value is -1.58. The number of nitrogens with two attached hydrogens (primary N) is 1. The Labute approximate surface area is 128 Å². The molecular formula is C17H18BrNO. The molecule has 0 aromatic heterocycles. The summed E-state index contributed by atoms with van der Waals surface area (Å²) in [6, 6.07) is 16.2. The molecule has 2 aromatic carbocycles. The van der Waals surface area contributed by atoms with Gasteiger partial charge in [-0.25, -0.2) is 0 Å². The van der Waals surface area contributed by atoms with Gasteiger partial charge in [0.25, 0.3) is 0 Å². The summed E-state index contributed by atoms with van der Waals surface area (Å²) in [5.41, 5.74) is 7.93. The molecule has 0 fully saturated rings. The maximum Gasteiger partial charge on any atom is 0.137 e. The molecule has 0 atom stereocenters. The van der Waals surface area contributed by atoms with Gasteiger partial charge in [-0.1, -0.05) is 48.5 Å². The average molecular weight is 332 g/mol. The van der Waals surface area contributed by atoms with Crippen LogP contribution in [-0.2, 0) is 6.42 Å². The number of hydrogen-bond donors (Lipinski definition) is 1. The second-order valence-corrected chi connectivity index (χ2v) is 5.25. The van der Waals surface area contributed by atoms with E-state index in [0.717, 1.165) is 22.2 Å². The van der Waals surface area contributed by atoms with Crippen LogP contribution in [0.4, 0.5) is 0 Å². The Balaban J connectivity index is 1.99. The van der Waals surface area contributed by atoms with E-state index in [0.29, 0.717) is 13.2 Å². The summed E-state index contributed by atoms with van der Waals surface area (Å²) in [5, 5.41) is 0. The second kappa shape index (κ2) is 7.88. The smallest absolute Gasteiger partial charge is 0.137 e. The maximum atomic E-state index is 5.85. The summed E-state index contributed by atoms with van der Waals surface area (Å²) < 4.78 is 6.82. The van der Waals surface area contributed by atoms with Crippen LogP contribution in [0, 0.1) is 0 Å². The number of benzene rings is 2. The fourth-order valence-electron chi connectivity index (χ4n) is 1.95. The van der Waals surface area contributed by atoms with Crippen LogP contribution in [0.25, 0.3) is 6.08 Å². The van der Waals surface area contributed by atoms with E-state index in [9.17, 15) is 0 Å². The highest BCUT2D eigenvalue weighted by Crippen LogP contribution is 2.29. The predicted octanol–water partition coefficient (Wildman–Crippen LogP) is 4.04. The van der Waals surface area contributed by atoms with Gasteiger partial charge in [0.1, 0.15) is 12.4 Å². The second-order valence-electron chi connectivity index (χ2n) is 4.39. The zero-order chi connectivity index (χ0) is 14.2. The molecule has 0 unspecified atom stereocenters. The zero-order valence-corrected chi connectivity index (χ0v) is 12.8. The van der Waals surface area contributed by atoms with E-state index in [4.69, 9.17) is 10.5 Å². The van der Waals surface area contributed by atoms with E-state index in [2.05, 4.69) is 34.1 Å². The standard InChI is InChI=1S/C17H18BrNO/c18-16-10-4-9-15(11-12-19)17(16)20-13-5-8-14-6-2-1-3-7-14/h1-10H,11-13,19H2. The van der Waals surface area contributed by atoms with Gasteiger partial charge in [0.2, 0.25) is 0 Å². The first-order chi connectivity index (χ1) is 9.81. The highest BCUT2D eigenvalue weighted by Gasteiger charge is 2.06. The first-order valence-corrected chi connectivity index (χ1v) is 7.42. The Bertz CT molecular complexity index is 566. The van der Waals surface area contributed by atoms with Crippen molar-refractivity contribution in [3.8, 4) is 5.75 Å². The monoisotopic (exact) mass is 331 g/mol. The first-order valence-electron chi connectivity index (χ1n) is 6.63. The molecule has 20 heavy (non-hydrogen) atoms. The maximum absolute atomic E-state index is 5.85. The van der Waals surface area contributed by atoms with E-state index in [1.807, 2.05) is 42.5 Å². The van der Waals surface area contributed by atoms with Crippen molar-refractivity contribution in [2.24, 2.45) is 5.73 Å². The van der Waals surface area contributed by atoms with Crippen LogP contribution >= 0.6 is 15.9 Å². The molecule has 0 saturated carbocycles. The number of para-hydroxylation sites is 1. The highest BCUT2D eigenvalue weighted by atomic mass is 79.9. The van der Waals surface area contributed by atoms with E-state index >= 15 is 0 Å². The Morgan fingerprint density at radius 2 is 1.85 bits per heavy atom. The van der Waals surface area contributed by atoms with Gasteiger partial charge in [-0.2, -0.15) is 0 Å². The molecule has 3 heteroatoms. The molecule has 0 radical (unpaired) electrons. The number of halogens is 1. The van der Waals surface area contributed by atoms with Crippen LogP contribution in [0.15, 0.2) is 59.1 Å². The van der Waals surface area contributed by atoms with Crippen molar-refractivity contribution in [3.63, 3.8) is 0 Å². The molecule has 0 spiro atoms. The summed E-state index contributed by atoms with van der Waals surface area (Å²) in [5.74, 6) is 0.885. The van der Waals surface area contributed by atoms with Crippen molar-refractivity contribution in [1.29, 1.82) is 0 Å². The minimum Gasteiger partial charge on any atom is -0.488 e. The van der Waals surface area contributed by atoms with Gasteiger partial charge in [0.05, 0.1) is 4.47 Å². The summed E-state index contributed by atoms with van der Waals surface area (Å²) in [4.78, 5) is 0. The third kappa shape index (κ3) is 4.22. The molecular weight excluding hydrogens is 314 g/mol. The molecule has 2 N–H and O–H groups in total. The fourth-order valence-corrected chi connectivity index (χ4v) is 2.47. The zero-order valence-electron chi connectivity index (χ0n) is 11.3. The van der Waals surface area contributed by atoms with E-state index in [-0.39, 0.29) is 0 Å². The van der Waals surface area contributed by atoms with Crippen LogP contribution in [0.2, 0.25) is 0 Å². The lowest BCUT2D eigenvalue weighted by atomic mass is 10.1. The van der Waals surface area contributed by atoms with Crippen LogP contribution in [0.1, 0.15) is 11.1 Å². The van der Waals surface area contributed by atoms with Gasteiger partial charge in [-0.05, 0) is 52.2 Å². The molecule has 0 aliphatic rings. The molecule has 0 saturated heterocycles. The van der Waals surface area contributed by atoms with E-state index in [1.54, 1.807) is 0 Å². The number of hydrogen-bond acceptors (Lipinski definition) is 2. The van der Waals surface area contributed by atoms with Crippen molar-refractivity contribution in [3.05, 3.63) is 70.2 Å².